The Morgan fingerprint density at radius 1 is 0.563 bits per heavy atom. The van der Waals surface area contributed by atoms with Crippen molar-refractivity contribution >= 4 is 77.0 Å². The van der Waals surface area contributed by atoms with Crippen molar-refractivity contribution < 1.29 is 93.0 Å². The number of benzene rings is 2. The predicted molar refractivity (Wildman–Crippen MR) is 307 cm³/mol. The maximum absolute atomic E-state index is 14.2. The van der Waals surface area contributed by atoms with Crippen LogP contribution >= 0.6 is 0 Å². The highest BCUT2D eigenvalue weighted by molar-refractivity contribution is 5.99. The summed E-state index contributed by atoms with van der Waals surface area (Å²) >= 11 is 0. The van der Waals surface area contributed by atoms with Gasteiger partial charge in [-0.3, -0.25) is 57.5 Å². The number of carbonyl (C=O) groups excluding carboxylic acids is 10. The van der Waals surface area contributed by atoms with Gasteiger partial charge in [-0.25, -0.2) is 4.79 Å². The minimum Gasteiger partial charge on any atom is -0.508 e. The fourth-order valence-corrected chi connectivity index (χ4v) is 9.12. The molecule has 20 N–H and O–H groups in total. The Kier molecular flexibility index (Phi) is 29.5. The van der Waals surface area contributed by atoms with Crippen LogP contribution in [0.2, 0.25) is 0 Å². The highest BCUT2D eigenvalue weighted by atomic mass is 16.4. The monoisotopic (exact) mass is 1230 g/mol. The Morgan fingerprint density at radius 3 is 1.47 bits per heavy atom. The first-order valence-corrected chi connectivity index (χ1v) is 28.3. The number of aliphatic carboxylic acids is 3. The maximum atomic E-state index is 14.2. The quantitative estimate of drug-likeness (QED) is 0.0310. The number of primary amides is 1. The van der Waals surface area contributed by atoms with E-state index < -0.39 is 182 Å². The first-order chi connectivity index (χ1) is 41.0. The topological polar surface area (TPSA) is 521 Å². The van der Waals surface area contributed by atoms with Crippen LogP contribution in [0, 0.1) is 5.92 Å². The second kappa shape index (κ2) is 35.5. The third-order valence-corrected chi connectivity index (χ3v) is 14.4. The molecule has 0 spiro atoms. The van der Waals surface area contributed by atoms with Crippen molar-refractivity contribution in [2.24, 2.45) is 23.1 Å². The fraction of sp³-hybridized carbons (Fsp3) is 0.554. The van der Waals surface area contributed by atoms with Crippen LogP contribution < -0.4 is 59.7 Å². The van der Waals surface area contributed by atoms with Crippen molar-refractivity contribution in [1.82, 2.24) is 47.4 Å². The predicted octanol–water partition coefficient (Wildman–Crippen LogP) is -3.65. The van der Waals surface area contributed by atoms with Gasteiger partial charge in [-0.1, -0.05) is 44.5 Å². The smallest absolute Gasteiger partial charge is 0.326 e. The van der Waals surface area contributed by atoms with Crippen molar-refractivity contribution in [1.29, 1.82) is 0 Å². The van der Waals surface area contributed by atoms with E-state index in [1.165, 1.54) is 55.5 Å². The third-order valence-electron chi connectivity index (χ3n) is 14.4. The number of aromatic hydroxyl groups is 2. The molecule has 1 heterocycles. The molecule has 2 aromatic carbocycles. The van der Waals surface area contributed by atoms with Gasteiger partial charge in [0.1, 0.15) is 65.9 Å². The summed E-state index contributed by atoms with van der Waals surface area (Å²) in [5.41, 5.74) is 17.7. The van der Waals surface area contributed by atoms with E-state index in [4.69, 9.17) is 22.3 Å². The normalized spacial score (nSPS) is 16.6. The van der Waals surface area contributed by atoms with Crippen LogP contribution in [0.25, 0.3) is 0 Å². The molecular formula is C56H82N12O19. The Labute approximate surface area is 501 Å². The van der Waals surface area contributed by atoms with Crippen LogP contribution in [0.15, 0.2) is 48.5 Å². The number of nitrogens with one attached hydrogen (secondary N) is 8. The van der Waals surface area contributed by atoms with E-state index in [-0.39, 0.29) is 69.5 Å². The number of phenolic OH excluding ortho intramolecular Hbond substituents is 2. The molecule has 87 heavy (non-hydrogen) atoms. The number of hydrogen-bond acceptors (Lipinski definition) is 18. The summed E-state index contributed by atoms with van der Waals surface area (Å²) in [7, 11) is 0. The number of carbonyl (C=O) groups is 13. The van der Waals surface area contributed by atoms with E-state index in [2.05, 4.69) is 42.5 Å². The zero-order valence-corrected chi connectivity index (χ0v) is 48.8. The number of carboxylic acid groups (broad SMARTS) is 3. The number of phenols is 2. The molecule has 31 nitrogen and oxygen atoms in total. The zero-order chi connectivity index (χ0) is 65.2. The molecule has 31 heteroatoms. The van der Waals surface area contributed by atoms with E-state index in [1.54, 1.807) is 13.8 Å². The molecule has 0 saturated carbocycles. The summed E-state index contributed by atoms with van der Waals surface area (Å²) in [5.74, 6) is -14.6. The van der Waals surface area contributed by atoms with Crippen LogP contribution in [0.5, 0.6) is 11.5 Å². The Morgan fingerprint density at radius 2 is 1.00 bits per heavy atom. The summed E-state index contributed by atoms with van der Waals surface area (Å²) in [6.45, 7) is 5.64. The molecule has 0 aromatic heterocycles. The van der Waals surface area contributed by atoms with Crippen molar-refractivity contribution in [3.8, 4) is 11.5 Å². The first-order valence-electron chi connectivity index (χ1n) is 28.3. The summed E-state index contributed by atoms with van der Waals surface area (Å²) < 4.78 is 0. The largest absolute Gasteiger partial charge is 0.508 e. The number of hydrogen-bond donors (Lipinski definition) is 17. The highest BCUT2D eigenvalue weighted by Crippen LogP contribution is 2.21. The van der Waals surface area contributed by atoms with E-state index in [1.807, 2.05) is 0 Å². The van der Waals surface area contributed by atoms with E-state index in [0.717, 1.165) is 11.8 Å². The second-order valence-electron chi connectivity index (χ2n) is 21.3. The zero-order valence-electron chi connectivity index (χ0n) is 48.8. The van der Waals surface area contributed by atoms with E-state index in [9.17, 15) is 87.9 Å². The number of likely N-dealkylation sites (tertiary alicyclic amines) is 1. The lowest BCUT2D eigenvalue weighted by molar-refractivity contribution is -0.144. The van der Waals surface area contributed by atoms with Crippen LogP contribution in [0.3, 0.4) is 0 Å². The van der Waals surface area contributed by atoms with Gasteiger partial charge in [-0.2, -0.15) is 0 Å². The Bertz CT molecular complexity index is 2750. The van der Waals surface area contributed by atoms with Crippen LogP contribution in [0.1, 0.15) is 109 Å². The van der Waals surface area contributed by atoms with Gasteiger partial charge in [0, 0.05) is 38.6 Å². The molecule has 10 amide bonds. The molecule has 1 aliphatic heterocycles. The number of nitrogens with two attached hydrogens (primary N) is 3. The van der Waals surface area contributed by atoms with Gasteiger partial charge in [0.25, 0.3) is 0 Å². The van der Waals surface area contributed by atoms with Gasteiger partial charge < -0.3 is 95.3 Å². The average Bonchev–Trinajstić information content (AvgIpc) is 4.26. The first kappa shape index (κ1) is 72.3. The standard InChI is InChI=1S/C56H82N12O19/c1-5-28(2)45(56(86)87)66-51(81)39(26-31-10-14-33(70)15-11-31)65-50(80)37(19-21-42(59)72)62-53(83)41-9-7-25-68(41)55(85)29(3)60-48(78)38(20-23-44(75)76)63-54(84)46(30(4)69)67-52(82)40(27-32-12-16-34(71)17-13-32)64-49(79)36(8-6-24-57)61-47(77)35(58)18-22-43(73)74/h10-17,28-30,35-41,45-46,69-71H,5-9,18-27,57-58H2,1-4H3,(H2,59,72)(H,60,78)(H,61,77)(H,62,83)(H,63,84)(H,64,79)(H,65,80)(H,66,81)(H,67,82)(H,73,74)(H,75,76)(H,86,87)/t28-,29+,30-,35-,36+,37-,38-,39+,40-,41-,45-,46+/m0/s1. The summed E-state index contributed by atoms with van der Waals surface area (Å²) in [4.78, 5) is 173. The molecule has 1 saturated heterocycles. The van der Waals surface area contributed by atoms with Crippen LogP contribution in [-0.2, 0) is 75.2 Å². The summed E-state index contributed by atoms with van der Waals surface area (Å²) in [6.07, 6.45) is -4.47. The number of amides is 10. The number of carboxylic acids is 3. The van der Waals surface area contributed by atoms with E-state index >= 15 is 0 Å². The van der Waals surface area contributed by atoms with Crippen molar-refractivity contribution in [3.63, 3.8) is 0 Å². The lowest BCUT2D eigenvalue weighted by Gasteiger charge is -2.30. The molecule has 12 atom stereocenters. The average molecular weight is 1230 g/mol. The molecule has 0 bridgehead atoms. The third kappa shape index (κ3) is 24.1. The van der Waals surface area contributed by atoms with Crippen molar-refractivity contribution in [2.45, 2.75) is 178 Å². The molecule has 1 fully saturated rings. The molecule has 480 valence electrons. The summed E-state index contributed by atoms with van der Waals surface area (Å²) in [6, 6.07) is -4.21. The minimum absolute atomic E-state index is 0.0278. The lowest BCUT2D eigenvalue weighted by Crippen LogP contribution is -2.62. The van der Waals surface area contributed by atoms with Gasteiger partial charge >= 0.3 is 17.9 Å². The molecule has 3 rings (SSSR count). The Balaban J connectivity index is 1.85. The Hall–Kier alpha value is -8.97. The summed E-state index contributed by atoms with van der Waals surface area (Å²) in [5, 5.41) is 78.6. The van der Waals surface area contributed by atoms with Gasteiger partial charge in [0.05, 0.1) is 12.1 Å². The lowest BCUT2D eigenvalue weighted by atomic mass is 9.98. The molecule has 0 radical (unpaired) electrons. The molecule has 2 aromatic rings. The van der Waals surface area contributed by atoms with Gasteiger partial charge in [-0.15, -0.1) is 0 Å². The van der Waals surface area contributed by atoms with Crippen LogP contribution in [-0.4, -0.2) is 192 Å². The van der Waals surface area contributed by atoms with Crippen molar-refractivity contribution in [3.05, 3.63) is 59.7 Å². The maximum Gasteiger partial charge on any atom is 0.326 e. The number of aliphatic hydroxyl groups excluding tert-OH is 1. The SMILES string of the molecule is CC[C@H](C)[C@H](NC(=O)[C@@H](Cc1ccc(O)cc1)NC(=O)[C@H](CCC(N)=O)NC(=O)[C@@H]1CCCN1C(=O)[C@@H](C)NC(=O)[C@H](CCC(=O)O)NC(=O)[C@H](NC(=O)[C@H](Cc1ccc(O)cc1)NC(=O)[C@@H](CCCN)NC(=O)[C@@H](N)CCC(=O)O)[C@H](C)O)C(=O)O. The molecule has 1 aliphatic rings. The van der Waals surface area contributed by atoms with Crippen LogP contribution in [0.4, 0.5) is 0 Å². The molecular weight excluding hydrogens is 1140 g/mol. The van der Waals surface area contributed by atoms with Gasteiger partial charge in [-0.05, 0) is 107 Å². The minimum atomic E-state index is -1.92. The number of aliphatic hydroxyl groups is 1. The fourth-order valence-electron chi connectivity index (χ4n) is 9.12. The molecule has 0 aliphatic carbocycles. The number of rotatable bonds is 37. The highest BCUT2D eigenvalue weighted by Gasteiger charge is 2.40. The van der Waals surface area contributed by atoms with Gasteiger partial charge in [0.2, 0.25) is 59.1 Å². The second-order valence-corrected chi connectivity index (χ2v) is 21.3. The van der Waals surface area contributed by atoms with E-state index in [0.29, 0.717) is 17.5 Å². The van der Waals surface area contributed by atoms with Gasteiger partial charge in [0.15, 0.2) is 0 Å². The molecule has 0 unspecified atom stereocenters. The van der Waals surface area contributed by atoms with Crippen molar-refractivity contribution in [2.75, 3.05) is 13.1 Å². The number of nitrogens with zero attached hydrogens (tertiary/aromatic N) is 1.